The Balaban J connectivity index is 0.00000242. The molecule has 5 heteroatoms. The molecule has 0 unspecified atom stereocenters. The number of carbonyl (C=O) groups excluding carboxylic acids is 1. The first-order valence-corrected chi connectivity index (χ1v) is 7.22. The van der Waals surface area contributed by atoms with Gasteiger partial charge in [-0.15, -0.1) is 12.4 Å². The van der Waals surface area contributed by atoms with Crippen molar-refractivity contribution in [3.05, 3.63) is 65.5 Å². The second-order valence-electron chi connectivity index (χ2n) is 4.84. The topological polar surface area (TPSA) is 54.0 Å². The summed E-state index contributed by atoms with van der Waals surface area (Å²) in [4.78, 5) is 16.5. The van der Waals surface area contributed by atoms with Crippen LogP contribution in [0.25, 0.3) is 0 Å². The van der Waals surface area contributed by atoms with Gasteiger partial charge in [0.15, 0.2) is 0 Å². The standard InChI is InChI=1S/C17H21N3O.ClH/c1-18-12-9-14-6-2-3-8-16(14)17(21)20-13-10-15-7-4-5-11-19-15;/h2-8,11,18H,9-10,12-13H2,1H3,(H,20,21);1H. The third kappa shape index (κ3) is 5.47. The number of aromatic nitrogens is 1. The fraction of sp³-hybridized carbons (Fsp3) is 0.294. The van der Waals surface area contributed by atoms with Crippen LogP contribution in [0.1, 0.15) is 21.6 Å². The van der Waals surface area contributed by atoms with Crippen LogP contribution in [-0.2, 0) is 12.8 Å². The van der Waals surface area contributed by atoms with Gasteiger partial charge >= 0.3 is 0 Å². The van der Waals surface area contributed by atoms with E-state index in [1.165, 1.54) is 0 Å². The minimum Gasteiger partial charge on any atom is -0.352 e. The van der Waals surface area contributed by atoms with E-state index in [-0.39, 0.29) is 18.3 Å². The van der Waals surface area contributed by atoms with Gasteiger partial charge < -0.3 is 10.6 Å². The van der Waals surface area contributed by atoms with Gasteiger partial charge in [0.2, 0.25) is 0 Å². The van der Waals surface area contributed by atoms with Crippen molar-refractivity contribution in [1.29, 1.82) is 0 Å². The molecule has 2 aromatic rings. The van der Waals surface area contributed by atoms with E-state index in [9.17, 15) is 4.79 Å². The first-order chi connectivity index (χ1) is 10.3. The van der Waals surface area contributed by atoms with Gasteiger partial charge in [-0.3, -0.25) is 9.78 Å². The Bertz CT molecular complexity index is 575. The first kappa shape index (κ1) is 18.1. The quantitative estimate of drug-likeness (QED) is 0.823. The van der Waals surface area contributed by atoms with Crippen molar-refractivity contribution in [2.24, 2.45) is 0 Å². The van der Waals surface area contributed by atoms with Crippen LogP contribution < -0.4 is 10.6 Å². The summed E-state index contributed by atoms with van der Waals surface area (Å²) in [5, 5.41) is 6.07. The molecule has 0 saturated carbocycles. The molecule has 2 N–H and O–H groups in total. The maximum absolute atomic E-state index is 12.3. The van der Waals surface area contributed by atoms with E-state index in [4.69, 9.17) is 0 Å². The molecule has 0 aliphatic heterocycles. The molecule has 1 amide bonds. The monoisotopic (exact) mass is 319 g/mol. The average molecular weight is 320 g/mol. The molecule has 1 aromatic carbocycles. The van der Waals surface area contributed by atoms with Gasteiger partial charge in [-0.1, -0.05) is 24.3 Å². The zero-order valence-electron chi connectivity index (χ0n) is 12.7. The highest BCUT2D eigenvalue weighted by Gasteiger charge is 2.09. The van der Waals surface area contributed by atoms with Crippen LogP contribution >= 0.6 is 12.4 Å². The van der Waals surface area contributed by atoms with E-state index in [1.54, 1.807) is 6.20 Å². The Labute approximate surface area is 137 Å². The fourth-order valence-electron chi connectivity index (χ4n) is 2.16. The summed E-state index contributed by atoms with van der Waals surface area (Å²) < 4.78 is 0. The van der Waals surface area contributed by atoms with Gasteiger partial charge in [0, 0.05) is 30.4 Å². The number of nitrogens with zero attached hydrogens (tertiary/aromatic N) is 1. The zero-order valence-corrected chi connectivity index (χ0v) is 13.5. The summed E-state index contributed by atoms with van der Waals surface area (Å²) >= 11 is 0. The van der Waals surface area contributed by atoms with Crippen molar-refractivity contribution in [3.63, 3.8) is 0 Å². The number of amides is 1. The first-order valence-electron chi connectivity index (χ1n) is 7.22. The number of rotatable bonds is 7. The molecule has 0 aliphatic rings. The smallest absolute Gasteiger partial charge is 0.251 e. The van der Waals surface area contributed by atoms with Gasteiger partial charge in [-0.25, -0.2) is 0 Å². The Hall–Kier alpha value is -1.91. The van der Waals surface area contributed by atoms with Gasteiger partial charge in [0.1, 0.15) is 0 Å². The molecule has 2 rings (SSSR count). The lowest BCUT2D eigenvalue weighted by molar-refractivity contribution is 0.0953. The molecule has 0 radical (unpaired) electrons. The van der Waals surface area contributed by atoms with Crippen molar-refractivity contribution in [3.8, 4) is 0 Å². The molecule has 1 aromatic heterocycles. The van der Waals surface area contributed by atoms with E-state index >= 15 is 0 Å². The summed E-state index contributed by atoms with van der Waals surface area (Å²) in [5.41, 5.74) is 2.82. The molecule has 22 heavy (non-hydrogen) atoms. The summed E-state index contributed by atoms with van der Waals surface area (Å²) in [6.45, 7) is 1.45. The Kier molecular flexibility index (Phi) is 8.18. The highest BCUT2D eigenvalue weighted by atomic mass is 35.5. The molecule has 4 nitrogen and oxygen atoms in total. The van der Waals surface area contributed by atoms with Gasteiger partial charge in [-0.2, -0.15) is 0 Å². The van der Waals surface area contributed by atoms with Crippen LogP contribution in [0.5, 0.6) is 0 Å². The largest absolute Gasteiger partial charge is 0.352 e. The summed E-state index contributed by atoms with van der Waals surface area (Å²) in [6, 6.07) is 13.6. The van der Waals surface area contributed by atoms with Crippen molar-refractivity contribution < 1.29 is 4.79 Å². The number of benzene rings is 1. The van der Waals surface area contributed by atoms with Crippen LogP contribution in [0.3, 0.4) is 0 Å². The second-order valence-corrected chi connectivity index (χ2v) is 4.84. The summed E-state index contributed by atoms with van der Waals surface area (Å²) in [7, 11) is 1.91. The zero-order chi connectivity index (χ0) is 14.9. The highest BCUT2D eigenvalue weighted by Crippen LogP contribution is 2.09. The summed E-state index contributed by atoms with van der Waals surface area (Å²) in [6.07, 6.45) is 3.36. The van der Waals surface area contributed by atoms with Gasteiger partial charge in [0.05, 0.1) is 0 Å². The van der Waals surface area contributed by atoms with Crippen molar-refractivity contribution in [2.75, 3.05) is 20.1 Å². The number of likely N-dealkylation sites (N-methyl/N-ethyl adjacent to an activating group) is 1. The Morgan fingerprint density at radius 2 is 1.82 bits per heavy atom. The lowest BCUT2D eigenvalue weighted by atomic mass is 10.0. The molecule has 0 atom stereocenters. The maximum Gasteiger partial charge on any atom is 0.251 e. The minimum atomic E-state index is -0.0161. The number of hydrogen-bond donors (Lipinski definition) is 2. The number of halogens is 1. The average Bonchev–Trinajstić information content (AvgIpc) is 2.54. The summed E-state index contributed by atoms with van der Waals surface area (Å²) in [5.74, 6) is -0.0161. The third-order valence-electron chi connectivity index (χ3n) is 3.30. The molecule has 1 heterocycles. The van der Waals surface area contributed by atoms with Crippen molar-refractivity contribution in [2.45, 2.75) is 12.8 Å². The molecule has 118 valence electrons. The highest BCUT2D eigenvalue weighted by molar-refractivity contribution is 5.95. The van der Waals surface area contributed by atoms with E-state index in [0.29, 0.717) is 6.54 Å². The van der Waals surface area contributed by atoms with Crippen molar-refractivity contribution >= 4 is 18.3 Å². The lowest BCUT2D eigenvalue weighted by Gasteiger charge is -2.10. The van der Waals surface area contributed by atoms with Crippen LogP contribution in [0.2, 0.25) is 0 Å². The molecule has 0 saturated heterocycles. The molecule has 0 aliphatic carbocycles. The maximum atomic E-state index is 12.3. The molecular formula is C17H22ClN3O. The van der Waals surface area contributed by atoms with Crippen LogP contribution in [-0.4, -0.2) is 31.0 Å². The Morgan fingerprint density at radius 3 is 2.55 bits per heavy atom. The SMILES string of the molecule is CNCCc1ccccc1C(=O)NCCc1ccccn1.Cl. The number of carbonyl (C=O) groups is 1. The predicted molar refractivity (Wildman–Crippen MR) is 91.6 cm³/mol. The lowest BCUT2D eigenvalue weighted by Crippen LogP contribution is -2.27. The predicted octanol–water partition coefficient (Wildman–Crippen LogP) is 2.24. The number of pyridine rings is 1. The van der Waals surface area contributed by atoms with Gasteiger partial charge in [0.25, 0.3) is 5.91 Å². The number of nitrogens with one attached hydrogen (secondary N) is 2. The minimum absolute atomic E-state index is 0. The van der Waals surface area contributed by atoms with Crippen LogP contribution in [0.15, 0.2) is 48.7 Å². The molecule has 0 spiro atoms. The molecular weight excluding hydrogens is 298 g/mol. The van der Waals surface area contributed by atoms with E-state index in [0.717, 1.165) is 36.2 Å². The molecule has 0 bridgehead atoms. The van der Waals surface area contributed by atoms with E-state index < -0.39 is 0 Å². The van der Waals surface area contributed by atoms with Gasteiger partial charge in [-0.05, 0) is 43.8 Å². The normalized spacial score (nSPS) is 9.86. The fourth-order valence-corrected chi connectivity index (χ4v) is 2.16. The number of hydrogen-bond acceptors (Lipinski definition) is 3. The van der Waals surface area contributed by atoms with E-state index in [2.05, 4.69) is 15.6 Å². The Morgan fingerprint density at radius 1 is 1.05 bits per heavy atom. The molecule has 0 fully saturated rings. The van der Waals surface area contributed by atoms with Crippen LogP contribution in [0.4, 0.5) is 0 Å². The van der Waals surface area contributed by atoms with Crippen molar-refractivity contribution in [1.82, 2.24) is 15.6 Å². The van der Waals surface area contributed by atoms with Crippen LogP contribution in [0, 0.1) is 0 Å². The third-order valence-corrected chi connectivity index (χ3v) is 3.30. The second kappa shape index (κ2) is 9.92. The van der Waals surface area contributed by atoms with E-state index in [1.807, 2.05) is 49.5 Å².